The van der Waals surface area contributed by atoms with E-state index in [1.54, 1.807) is 6.92 Å². The number of carbonyl (C=O) groups is 1. The summed E-state index contributed by atoms with van der Waals surface area (Å²) in [5.41, 5.74) is 6.53. The molecule has 0 amide bonds. The van der Waals surface area contributed by atoms with Crippen molar-refractivity contribution in [3.8, 4) is 11.5 Å². The fourth-order valence-corrected chi connectivity index (χ4v) is 1.76. The number of aromatic hydroxyl groups is 1. The van der Waals surface area contributed by atoms with E-state index in [1.807, 2.05) is 0 Å². The third kappa shape index (κ3) is 2.81. The Hall–Kier alpha value is -1.46. The third-order valence-electron chi connectivity index (χ3n) is 2.47. The first-order valence-electron chi connectivity index (χ1n) is 4.91. The molecule has 1 unspecified atom stereocenters. The molecule has 0 heterocycles. The van der Waals surface area contributed by atoms with Gasteiger partial charge in [-0.2, -0.15) is 0 Å². The number of carboxylic acid groups (broad SMARTS) is 1. The van der Waals surface area contributed by atoms with Gasteiger partial charge in [0.05, 0.1) is 13.5 Å². The lowest BCUT2D eigenvalue weighted by atomic mass is 10.0. The van der Waals surface area contributed by atoms with E-state index in [1.165, 1.54) is 13.2 Å². The lowest BCUT2D eigenvalue weighted by Crippen LogP contribution is -2.15. The fraction of sp³-hybridized carbons (Fsp3) is 0.364. The second-order valence-electron chi connectivity index (χ2n) is 3.66. The van der Waals surface area contributed by atoms with Gasteiger partial charge in [-0.25, -0.2) is 0 Å². The van der Waals surface area contributed by atoms with Crippen LogP contribution in [-0.4, -0.2) is 23.3 Å². The van der Waals surface area contributed by atoms with Crippen LogP contribution in [-0.2, 0) is 4.79 Å². The van der Waals surface area contributed by atoms with Gasteiger partial charge in [-0.05, 0) is 13.0 Å². The standard InChI is InChI=1S/C11H14ClNO4/c1-5-7(12)3-6(8(13)4-9(14)15)10(16)11(5)17-2/h3,8,16H,4,13H2,1-2H3,(H,14,15). The van der Waals surface area contributed by atoms with E-state index in [2.05, 4.69) is 0 Å². The molecule has 5 nitrogen and oxygen atoms in total. The van der Waals surface area contributed by atoms with Crippen LogP contribution < -0.4 is 10.5 Å². The zero-order chi connectivity index (χ0) is 13.2. The fourth-order valence-electron chi connectivity index (χ4n) is 1.56. The smallest absolute Gasteiger partial charge is 0.305 e. The van der Waals surface area contributed by atoms with E-state index in [0.717, 1.165) is 0 Å². The van der Waals surface area contributed by atoms with E-state index in [-0.39, 0.29) is 23.5 Å². The van der Waals surface area contributed by atoms with Gasteiger partial charge in [0.1, 0.15) is 0 Å². The topological polar surface area (TPSA) is 92.8 Å². The number of phenolic OH excluding ortho intramolecular Hbond substituents is 1. The Bertz CT molecular complexity index is 448. The number of ether oxygens (including phenoxy) is 1. The normalized spacial score (nSPS) is 12.2. The summed E-state index contributed by atoms with van der Waals surface area (Å²) in [4.78, 5) is 10.6. The van der Waals surface area contributed by atoms with Crippen molar-refractivity contribution in [2.45, 2.75) is 19.4 Å². The maximum atomic E-state index is 10.6. The molecule has 94 valence electrons. The number of methoxy groups -OCH3 is 1. The Kier molecular flexibility index (Phi) is 4.20. The summed E-state index contributed by atoms with van der Waals surface area (Å²) in [6.07, 6.45) is -0.296. The highest BCUT2D eigenvalue weighted by atomic mass is 35.5. The van der Waals surface area contributed by atoms with Crippen molar-refractivity contribution in [2.24, 2.45) is 5.73 Å². The molecule has 0 aliphatic heterocycles. The maximum Gasteiger partial charge on any atom is 0.305 e. The lowest BCUT2D eigenvalue weighted by Gasteiger charge is -2.16. The number of carboxylic acids is 1. The summed E-state index contributed by atoms with van der Waals surface area (Å²) >= 11 is 5.96. The zero-order valence-electron chi connectivity index (χ0n) is 9.53. The maximum absolute atomic E-state index is 10.6. The molecule has 1 rings (SSSR count). The van der Waals surface area contributed by atoms with Crippen LogP contribution in [0.1, 0.15) is 23.6 Å². The first-order valence-corrected chi connectivity index (χ1v) is 5.29. The van der Waals surface area contributed by atoms with Gasteiger partial charge < -0.3 is 20.7 Å². The van der Waals surface area contributed by atoms with Gasteiger partial charge in [0.15, 0.2) is 11.5 Å². The van der Waals surface area contributed by atoms with Gasteiger partial charge in [0.2, 0.25) is 0 Å². The van der Waals surface area contributed by atoms with Crippen LogP contribution in [0.2, 0.25) is 5.02 Å². The van der Waals surface area contributed by atoms with Crippen molar-refractivity contribution in [2.75, 3.05) is 7.11 Å². The Morgan fingerprint density at radius 1 is 1.65 bits per heavy atom. The Morgan fingerprint density at radius 3 is 2.71 bits per heavy atom. The SMILES string of the molecule is COc1c(C)c(Cl)cc(C(N)CC(=O)O)c1O. The quantitative estimate of drug-likeness (QED) is 0.767. The van der Waals surface area contributed by atoms with E-state index >= 15 is 0 Å². The van der Waals surface area contributed by atoms with Crippen LogP contribution >= 0.6 is 11.6 Å². The monoisotopic (exact) mass is 259 g/mol. The van der Waals surface area contributed by atoms with Crippen molar-refractivity contribution in [1.82, 2.24) is 0 Å². The number of rotatable bonds is 4. The van der Waals surface area contributed by atoms with Crippen molar-refractivity contribution in [3.05, 3.63) is 22.2 Å². The summed E-state index contributed by atoms with van der Waals surface area (Å²) in [6, 6.07) is 0.627. The lowest BCUT2D eigenvalue weighted by molar-refractivity contribution is -0.137. The average molecular weight is 260 g/mol. The minimum absolute atomic E-state index is 0.164. The average Bonchev–Trinajstić information content (AvgIpc) is 2.23. The molecule has 0 aromatic heterocycles. The summed E-state index contributed by atoms with van der Waals surface area (Å²) < 4.78 is 5.01. The number of benzene rings is 1. The Labute approximate surface area is 104 Å². The molecule has 0 fully saturated rings. The summed E-state index contributed by atoms with van der Waals surface area (Å²) in [6.45, 7) is 1.69. The van der Waals surface area contributed by atoms with Crippen LogP contribution in [0.3, 0.4) is 0 Å². The second kappa shape index (κ2) is 5.25. The van der Waals surface area contributed by atoms with Crippen molar-refractivity contribution in [3.63, 3.8) is 0 Å². The van der Waals surface area contributed by atoms with E-state index in [9.17, 15) is 9.90 Å². The van der Waals surface area contributed by atoms with Crippen LogP contribution in [0.5, 0.6) is 11.5 Å². The molecule has 0 spiro atoms. The number of halogens is 1. The van der Waals surface area contributed by atoms with Crippen LogP contribution in [0.4, 0.5) is 0 Å². The summed E-state index contributed by atoms with van der Waals surface area (Å²) in [5.74, 6) is -0.996. The second-order valence-corrected chi connectivity index (χ2v) is 4.07. The molecule has 1 atom stereocenters. The highest BCUT2D eigenvalue weighted by molar-refractivity contribution is 6.31. The van der Waals surface area contributed by atoms with E-state index in [4.69, 9.17) is 27.2 Å². The Balaban J connectivity index is 3.25. The van der Waals surface area contributed by atoms with Gasteiger partial charge >= 0.3 is 5.97 Å². The molecule has 4 N–H and O–H groups in total. The van der Waals surface area contributed by atoms with Gasteiger partial charge in [-0.1, -0.05) is 11.6 Å². The van der Waals surface area contributed by atoms with Crippen LogP contribution in [0.25, 0.3) is 0 Å². The van der Waals surface area contributed by atoms with E-state index < -0.39 is 12.0 Å². The number of hydrogen-bond acceptors (Lipinski definition) is 4. The first kappa shape index (κ1) is 13.6. The number of phenols is 1. The van der Waals surface area contributed by atoms with Gasteiger partial charge in [0, 0.05) is 22.2 Å². The largest absolute Gasteiger partial charge is 0.504 e. The Morgan fingerprint density at radius 2 is 2.24 bits per heavy atom. The predicted octanol–water partition coefficient (Wildman–Crippen LogP) is 1.84. The van der Waals surface area contributed by atoms with Crippen LogP contribution in [0.15, 0.2) is 6.07 Å². The summed E-state index contributed by atoms with van der Waals surface area (Å²) in [5, 5.41) is 19.0. The number of hydrogen-bond donors (Lipinski definition) is 3. The van der Waals surface area contributed by atoms with Gasteiger partial charge in [-0.3, -0.25) is 4.79 Å². The molecule has 0 saturated heterocycles. The van der Waals surface area contributed by atoms with Crippen molar-refractivity contribution < 1.29 is 19.7 Å². The molecular weight excluding hydrogens is 246 g/mol. The first-order chi connectivity index (χ1) is 7.88. The molecule has 6 heteroatoms. The number of aliphatic carboxylic acids is 1. The molecule has 0 aliphatic carbocycles. The molecule has 0 radical (unpaired) electrons. The van der Waals surface area contributed by atoms with E-state index in [0.29, 0.717) is 10.6 Å². The molecule has 0 bridgehead atoms. The molecule has 17 heavy (non-hydrogen) atoms. The molecule has 0 aliphatic rings. The highest BCUT2D eigenvalue weighted by Gasteiger charge is 2.20. The van der Waals surface area contributed by atoms with Gasteiger partial charge in [-0.15, -0.1) is 0 Å². The predicted molar refractivity (Wildman–Crippen MR) is 63.6 cm³/mol. The molecular formula is C11H14ClNO4. The number of nitrogens with two attached hydrogens (primary N) is 1. The van der Waals surface area contributed by atoms with Crippen LogP contribution in [0, 0.1) is 6.92 Å². The third-order valence-corrected chi connectivity index (χ3v) is 2.86. The van der Waals surface area contributed by atoms with Gasteiger partial charge in [0.25, 0.3) is 0 Å². The summed E-state index contributed by atoms with van der Waals surface area (Å²) in [7, 11) is 1.39. The minimum Gasteiger partial charge on any atom is -0.504 e. The molecule has 1 aromatic rings. The molecule has 0 saturated carbocycles. The highest BCUT2D eigenvalue weighted by Crippen LogP contribution is 2.40. The zero-order valence-corrected chi connectivity index (χ0v) is 10.3. The molecule has 1 aromatic carbocycles. The minimum atomic E-state index is -1.05. The van der Waals surface area contributed by atoms with Crippen molar-refractivity contribution in [1.29, 1.82) is 0 Å². The van der Waals surface area contributed by atoms with Crippen molar-refractivity contribution >= 4 is 17.6 Å².